The van der Waals surface area contributed by atoms with E-state index in [0.717, 1.165) is 17.8 Å². The van der Waals surface area contributed by atoms with Gasteiger partial charge in [-0.1, -0.05) is 6.07 Å². The third-order valence-corrected chi connectivity index (χ3v) is 6.68. The second kappa shape index (κ2) is 6.79. The standard InChI is InChI=1S/C18H20N4O3S/c23-18-12-14-11-16(4-5-17(14)20-18)26(24,25)22-9-7-21(8-10-22)13-15-3-1-2-6-19-15/h1-6,11H,7-10,12-13H2,(H,20,23). The fraction of sp³-hybridized carbons (Fsp3) is 0.333. The highest BCUT2D eigenvalue weighted by Crippen LogP contribution is 2.27. The molecule has 2 aromatic rings. The normalized spacial score (nSPS) is 18.5. The molecule has 0 unspecified atom stereocenters. The third-order valence-electron chi connectivity index (χ3n) is 4.78. The molecular formula is C18H20N4O3S. The van der Waals surface area contributed by atoms with E-state index >= 15 is 0 Å². The average Bonchev–Trinajstić information content (AvgIpc) is 3.02. The Kier molecular flexibility index (Phi) is 4.47. The van der Waals surface area contributed by atoms with Gasteiger partial charge in [-0.15, -0.1) is 0 Å². The van der Waals surface area contributed by atoms with Gasteiger partial charge in [0.05, 0.1) is 17.0 Å². The summed E-state index contributed by atoms with van der Waals surface area (Å²) in [4.78, 5) is 18.3. The number of anilines is 1. The van der Waals surface area contributed by atoms with Gasteiger partial charge in [0.2, 0.25) is 15.9 Å². The van der Waals surface area contributed by atoms with Crippen molar-refractivity contribution in [1.29, 1.82) is 0 Å². The van der Waals surface area contributed by atoms with Gasteiger partial charge in [-0.3, -0.25) is 14.7 Å². The minimum absolute atomic E-state index is 0.0994. The number of nitrogens with zero attached hydrogens (tertiary/aromatic N) is 3. The van der Waals surface area contributed by atoms with Crippen molar-refractivity contribution >= 4 is 21.6 Å². The fourth-order valence-electron chi connectivity index (χ4n) is 3.36. The number of carbonyl (C=O) groups is 1. The molecule has 2 aliphatic heterocycles. The van der Waals surface area contributed by atoms with Gasteiger partial charge in [0, 0.05) is 44.6 Å². The molecule has 1 aromatic carbocycles. The first-order valence-electron chi connectivity index (χ1n) is 8.57. The first-order valence-corrected chi connectivity index (χ1v) is 10.0. The molecule has 26 heavy (non-hydrogen) atoms. The van der Waals surface area contributed by atoms with Crippen LogP contribution < -0.4 is 5.32 Å². The monoisotopic (exact) mass is 372 g/mol. The number of piperazine rings is 1. The molecule has 0 aliphatic carbocycles. The van der Waals surface area contributed by atoms with Gasteiger partial charge < -0.3 is 5.32 Å². The number of rotatable bonds is 4. The van der Waals surface area contributed by atoms with Crippen molar-refractivity contribution in [3.8, 4) is 0 Å². The lowest BCUT2D eigenvalue weighted by Crippen LogP contribution is -2.48. The predicted molar refractivity (Wildman–Crippen MR) is 97.0 cm³/mol. The maximum Gasteiger partial charge on any atom is 0.243 e. The Morgan fingerprint density at radius 1 is 1.08 bits per heavy atom. The van der Waals surface area contributed by atoms with Crippen LogP contribution in [-0.2, 0) is 27.8 Å². The highest BCUT2D eigenvalue weighted by atomic mass is 32.2. The number of fused-ring (bicyclic) bond motifs is 1. The molecule has 1 N–H and O–H groups in total. The van der Waals surface area contributed by atoms with Crippen molar-refractivity contribution in [3.63, 3.8) is 0 Å². The molecule has 4 rings (SSSR count). The topological polar surface area (TPSA) is 82.6 Å². The van der Waals surface area contributed by atoms with Crippen molar-refractivity contribution in [3.05, 3.63) is 53.9 Å². The molecule has 1 fully saturated rings. The molecule has 0 spiro atoms. The number of hydrogen-bond donors (Lipinski definition) is 1. The molecule has 3 heterocycles. The molecule has 0 radical (unpaired) electrons. The molecule has 1 amide bonds. The molecule has 7 nitrogen and oxygen atoms in total. The number of carbonyl (C=O) groups excluding carboxylic acids is 1. The molecule has 0 bridgehead atoms. The van der Waals surface area contributed by atoms with Crippen molar-refractivity contribution in [1.82, 2.24) is 14.2 Å². The Balaban J connectivity index is 1.44. The molecule has 8 heteroatoms. The zero-order valence-electron chi connectivity index (χ0n) is 14.3. The lowest BCUT2D eigenvalue weighted by molar-refractivity contribution is -0.115. The summed E-state index contributed by atoms with van der Waals surface area (Å²) in [6.45, 7) is 2.95. The molecule has 136 valence electrons. The van der Waals surface area contributed by atoms with Crippen LogP contribution in [0.5, 0.6) is 0 Å². The number of sulfonamides is 1. The van der Waals surface area contributed by atoms with Crippen molar-refractivity contribution in [2.24, 2.45) is 0 Å². The van der Waals surface area contributed by atoms with E-state index in [9.17, 15) is 13.2 Å². The van der Waals surface area contributed by atoms with Gasteiger partial charge in [0.25, 0.3) is 0 Å². The zero-order valence-corrected chi connectivity index (χ0v) is 15.1. The van der Waals surface area contributed by atoms with Crippen LogP contribution in [0.4, 0.5) is 5.69 Å². The number of amides is 1. The minimum atomic E-state index is -3.55. The maximum atomic E-state index is 12.9. The summed E-state index contributed by atoms with van der Waals surface area (Å²) in [5.41, 5.74) is 2.43. The smallest absolute Gasteiger partial charge is 0.243 e. The first-order chi connectivity index (χ1) is 12.5. The SMILES string of the molecule is O=C1Cc2cc(S(=O)(=O)N3CCN(Cc4ccccn4)CC3)ccc2N1. The van der Waals surface area contributed by atoms with E-state index in [1.807, 2.05) is 18.2 Å². The third kappa shape index (κ3) is 3.35. The van der Waals surface area contributed by atoms with Gasteiger partial charge in [-0.2, -0.15) is 4.31 Å². The molecule has 0 saturated carbocycles. The second-order valence-corrected chi connectivity index (χ2v) is 8.48. The number of hydrogen-bond acceptors (Lipinski definition) is 5. The van der Waals surface area contributed by atoms with Crippen LogP contribution in [0.2, 0.25) is 0 Å². The Bertz CT molecular complexity index is 923. The minimum Gasteiger partial charge on any atom is -0.326 e. The number of pyridine rings is 1. The van der Waals surface area contributed by atoms with Gasteiger partial charge in [0.1, 0.15) is 0 Å². The average molecular weight is 372 g/mol. The second-order valence-electron chi connectivity index (χ2n) is 6.55. The van der Waals surface area contributed by atoms with E-state index in [1.54, 1.807) is 24.4 Å². The van der Waals surface area contributed by atoms with Crippen LogP contribution in [-0.4, -0.2) is 54.7 Å². The Labute approximate surface area is 152 Å². The maximum absolute atomic E-state index is 12.9. The molecule has 1 saturated heterocycles. The Hall–Kier alpha value is -2.29. The summed E-state index contributed by atoms with van der Waals surface area (Å²) in [6, 6.07) is 10.7. The van der Waals surface area contributed by atoms with Gasteiger partial charge in [-0.05, 0) is 35.9 Å². The lowest BCUT2D eigenvalue weighted by Gasteiger charge is -2.33. The van der Waals surface area contributed by atoms with Crippen LogP contribution in [0.1, 0.15) is 11.3 Å². The van der Waals surface area contributed by atoms with Gasteiger partial charge in [0.15, 0.2) is 0 Å². The number of nitrogens with one attached hydrogen (secondary N) is 1. The highest BCUT2D eigenvalue weighted by molar-refractivity contribution is 7.89. The quantitative estimate of drug-likeness (QED) is 0.869. The van der Waals surface area contributed by atoms with E-state index in [0.29, 0.717) is 31.9 Å². The summed E-state index contributed by atoms with van der Waals surface area (Å²) in [5.74, 6) is -0.0994. The van der Waals surface area contributed by atoms with Crippen LogP contribution in [0, 0.1) is 0 Å². The van der Waals surface area contributed by atoms with E-state index < -0.39 is 10.0 Å². The van der Waals surface area contributed by atoms with Crippen LogP contribution in [0.3, 0.4) is 0 Å². The molecule has 0 atom stereocenters. The van der Waals surface area contributed by atoms with E-state index in [2.05, 4.69) is 15.2 Å². The van der Waals surface area contributed by atoms with Gasteiger partial charge >= 0.3 is 0 Å². The molecular weight excluding hydrogens is 352 g/mol. The summed E-state index contributed by atoms with van der Waals surface area (Å²) in [7, 11) is -3.55. The number of benzene rings is 1. The Morgan fingerprint density at radius 2 is 1.88 bits per heavy atom. The van der Waals surface area contributed by atoms with Gasteiger partial charge in [-0.25, -0.2) is 8.42 Å². The summed E-state index contributed by atoms with van der Waals surface area (Å²) >= 11 is 0. The zero-order chi connectivity index (χ0) is 18.1. The fourth-order valence-corrected chi connectivity index (χ4v) is 4.84. The predicted octanol–water partition coefficient (Wildman–Crippen LogP) is 1.08. The number of aromatic nitrogens is 1. The first kappa shape index (κ1) is 17.1. The summed E-state index contributed by atoms with van der Waals surface area (Å²) < 4.78 is 27.4. The summed E-state index contributed by atoms with van der Waals surface area (Å²) in [5, 5.41) is 2.72. The van der Waals surface area contributed by atoms with Crippen LogP contribution in [0.25, 0.3) is 0 Å². The van der Waals surface area contributed by atoms with Crippen LogP contribution in [0.15, 0.2) is 47.5 Å². The van der Waals surface area contributed by atoms with Crippen molar-refractivity contribution in [2.75, 3.05) is 31.5 Å². The molecule has 1 aromatic heterocycles. The van der Waals surface area contributed by atoms with E-state index in [1.165, 1.54) is 4.31 Å². The van der Waals surface area contributed by atoms with Crippen LogP contribution >= 0.6 is 0 Å². The Morgan fingerprint density at radius 3 is 2.62 bits per heavy atom. The molecule has 2 aliphatic rings. The lowest BCUT2D eigenvalue weighted by atomic mass is 10.2. The largest absolute Gasteiger partial charge is 0.326 e. The van der Waals surface area contributed by atoms with E-state index in [4.69, 9.17) is 0 Å². The van der Waals surface area contributed by atoms with E-state index in [-0.39, 0.29) is 17.2 Å². The van der Waals surface area contributed by atoms with Crippen molar-refractivity contribution < 1.29 is 13.2 Å². The summed E-state index contributed by atoms with van der Waals surface area (Å²) in [6.07, 6.45) is 2.00. The highest BCUT2D eigenvalue weighted by Gasteiger charge is 2.30. The van der Waals surface area contributed by atoms with Crippen molar-refractivity contribution in [2.45, 2.75) is 17.9 Å².